The highest BCUT2D eigenvalue weighted by molar-refractivity contribution is 5.89. The summed E-state index contributed by atoms with van der Waals surface area (Å²) < 4.78 is 0. The summed E-state index contributed by atoms with van der Waals surface area (Å²) in [6.07, 6.45) is 2.17. The maximum Gasteiger partial charge on any atom is 0.319 e. The van der Waals surface area contributed by atoms with Gasteiger partial charge in [0.15, 0.2) is 0 Å². The first kappa shape index (κ1) is 17.0. The lowest BCUT2D eigenvalue weighted by Crippen LogP contribution is -2.36. The maximum absolute atomic E-state index is 11.8. The van der Waals surface area contributed by atoms with Gasteiger partial charge in [-0.25, -0.2) is 4.79 Å². The van der Waals surface area contributed by atoms with Crippen LogP contribution in [0.1, 0.15) is 38.7 Å². The van der Waals surface area contributed by atoms with Crippen LogP contribution in [0.15, 0.2) is 24.3 Å². The van der Waals surface area contributed by atoms with E-state index < -0.39 is 5.97 Å². The Kier molecular flexibility index (Phi) is 6.72. The molecule has 2 amide bonds. The van der Waals surface area contributed by atoms with E-state index in [1.807, 2.05) is 38.1 Å². The number of rotatable bonds is 7. The van der Waals surface area contributed by atoms with E-state index in [1.54, 1.807) is 6.92 Å². The van der Waals surface area contributed by atoms with Crippen molar-refractivity contribution in [2.75, 3.05) is 5.32 Å². The molecular weight excluding hydrogens is 268 g/mol. The predicted molar refractivity (Wildman–Crippen MR) is 83.4 cm³/mol. The molecule has 116 valence electrons. The number of carboxylic acid groups (broad SMARTS) is 1. The third-order valence-electron chi connectivity index (χ3n) is 3.38. The molecule has 0 saturated carbocycles. The molecule has 0 aliphatic carbocycles. The van der Waals surface area contributed by atoms with Gasteiger partial charge in [-0.1, -0.05) is 31.0 Å². The minimum absolute atomic E-state index is 0.0106. The van der Waals surface area contributed by atoms with Gasteiger partial charge in [-0.2, -0.15) is 0 Å². The Morgan fingerprint density at radius 2 is 1.76 bits per heavy atom. The van der Waals surface area contributed by atoms with Gasteiger partial charge < -0.3 is 15.7 Å². The molecule has 1 aromatic rings. The van der Waals surface area contributed by atoms with Gasteiger partial charge in [0, 0.05) is 11.7 Å². The molecule has 0 heterocycles. The lowest BCUT2D eigenvalue weighted by molar-refractivity contribution is -0.141. The average molecular weight is 292 g/mol. The Hall–Kier alpha value is -2.04. The second-order valence-corrected chi connectivity index (χ2v) is 5.54. The van der Waals surface area contributed by atoms with Crippen molar-refractivity contribution >= 4 is 17.7 Å². The molecular formula is C16H24N2O3. The Labute approximate surface area is 125 Å². The maximum atomic E-state index is 11.8. The fraction of sp³-hybridized carbons (Fsp3) is 0.500. The highest BCUT2D eigenvalue weighted by Crippen LogP contribution is 2.11. The summed E-state index contributed by atoms with van der Waals surface area (Å²) in [6, 6.07) is 7.36. The van der Waals surface area contributed by atoms with E-state index in [-0.39, 0.29) is 18.0 Å². The van der Waals surface area contributed by atoms with Gasteiger partial charge in [0.05, 0.1) is 5.92 Å². The number of hydrogen-bond acceptors (Lipinski definition) is 2. The monoisotopic (exact) mass is 292 g/mol. The number of carbonyl (C=O) groups is 2. The molecule has 3 N–H and O–H groups in total. The van der Waals surface area contributed by atoms with E-state index in [0.29, 0.717) is 6.42 Å². The van der Waals surface area contributed by atoms with Gasteiger partial charge in [-0.3, -0.25) is 4.79 Å². The SMILES string of the molecule is Cc1ccc(NC(=O)NC(C)CCCC(C)C(=O)O)cc1. The van der Waals surface area contributed by atoms with E-state index in [1.165, 1.54) is 0 Å². The summed E-state index contributed by atoms with van der Waals surface area (Å²) in [7, 11) is 0. The van der Waals surface area contributed by atoms with E-state index in [2.05, 4.69) is 10.6 Å². The third kappa shape index (κ3) is 6.79. The number of aliphatic carboxylic acids is 1. The van der Waals surface area contributed by atoms with Crippen LogP contribution in [-0.4, -0.2) is 23.1 Å². The molecule has 2 unspecified atom stereocenters. The molecule has 0 bridgehead atoms. The molecule has 1 rings (SSSR count). The first-order valence-corrected chi connectivity index (χ1v) is 7.25. The molecule has 2 atom stereocenters. The highest BCUT2D eigenvalue weighted by atomic mass is 16.4. The zero-order chi connectivity index (χ0) is 15.8. The first-order chi connectivity index (χ1) is 9.88. The molecule has 0 aliphatic rings. The van der Waals surface area contributed by atoms with Crippen LogP contribution in [0.3, 0.4) is 0 Å². The van der Waals surface area contributed by atoms with Crippen LogP contribution in [0.2, 0.25) is 0 Å². The zero-order valence-electron chi connectivity index (χ0n) is 12.8. The molecule has 0 aromatic heterocycles. The Balaban J connectivity index is 2.27. The van der Waals surface area contributed by atoms with E-state index in [9.17, 15) is 9.59 Å². The van der Waals surface area contributed by atoms with Gasteiger partial charge in [0.25, 0.3) is 0 Å². The normalized spacial score (nSPS) is 13.3. The molecule has 0 fully saturated rings. The Bertz CT molecular complexity index is 471. The average Bonchev–Trinajstić information content (AvgIpc) is 2.41. The summed E-state index contributed by atoms with van der Waals surface area (Å²) in [6.45, 7) is 5.61. The van der Waals surface area contributed by atoms with Crippen molar-refractivity contribution in [3.8, 4) is 0 Å². The van der Waals surface area contributed by atoms with Gasteiger partial charge in [-0.05, 0) is 38.8 Å². The fourth-order valence-electron chi connectivity index (χ4n) is 1.95. The summed E-state index contributed by atoms with van der Waals surface area (Å²) in [5.74, 6) is -1.11. The molecule has 0 spiro atoms. The zero-order valence-corrected chi connectivity index (χ0v) is 12.8. The van der Waals surface area contributed by atoms with Crippen molar-refractivity contribution in [1.82, 2.24) is 5.32 Å². The topological polar surface area (TPSA) is 78.4 Å². The quantitative estimate of drug-likeness (QED) is 0.720. The van der Waals surface area contributed by atoms with Crippen molar-refractivity contribution in [3.05, 3.63) is 29.8 Å². The number of carboxylic acids is 1. The number of carbonyl (C=O) groups excluding carboxylic acids is 1. The minimum atomic E-state index is -0.771. The summed E-state index contributed by atoms with van der Waals surface area (Å²) in [4.78, 5) is 22.5. The number of aryl methyl sites for hydroxylation is 1. The van der Waals surface area contributed by atoms with Crippen LogP contribution in [0, 0.1) is 12.8 Å². The van der Waals surface area contributed by atoms with Gasteiger partial charge >= 0.3 is 12.0 Å². The fourth-order valence-corrected chi connectivity index (χ4v) is 1.95. The number of amides is 2. The predicted octanol–water partition coefficient (Wildman–Crippen LogP) is 3.40. The van der Waals surface area contributed by atoms with Crippen LogP contribution in [0.4, 0.5) is 10.5 Å². The largest absolute Gasteiger partial charge is 0.481 e. The Morgan fingerprint density at radius 1 is 1.14 bits per heavy atom. The van der Waals surface area contributed by atoms with Gasteiger partial charge in [0.1, 0.15) is 0 Å². The van der Waals surface area contributed by atoms with Crippen LogP contribution >= 0.6 is 0 Å². The molecule has 0 saturated heterocycles. The van der Waals surface area contributed by atoms with Crippen LogP contribution in [0.5, 0.6) is 0 Å². The summed E-state index contributed by atoms with van der Waals surface area (Å²) in [5, 5.41) is 14.4. The molecule has 21 heavy (non-hydrogen) atoms. The molecule has 0 aliphatic heterocycles. The van der Waals surface area contributed by atoms with Crippen molar-refractivity contribution in [3.63, 3.8) is 0 Å². The van der Waals surface area contributed by atoms with Crippen molar-refractivity contribution in [2.24, 2.45) is 5.92 Å². The molecule has 1 aromatic carbocycles. The van der Waals surface area contributed by atoms with Crippen molar-refractivity contribution in [1.29, 1.82) is 0 Å². The highest BCUT2D eigenvalue weighted by Gasteiger charge is 2.12. The molecule has 5 nitrogen and oxygen atoms in total. The third-order valence-corrected chi connectivity index (χ3v) is 3.38. The number of anilines is 1. The van der Waals surface area contributed by atoms with Crippen LogP contribution in [-0.2, 0) is 4.79 Å². The van der Waals surface area contributed by atoms with Crippen LogP contribution in [0.25, 0.3) is 0 Å². The number of hydrogen-bond donors (Lipinski definition) is 3. The standard InChI is InChI=1S/C16H24N2O3/c1-11-7-9-14(10-8-11)18-16(21)17-13(3)6-4-5-12(2)15(19)20/h7-10,12-13H,4-6H2,1-3H3,(H,19,20)(H2,17,18,21). The smallest absolute Gasteiger partial charge is 0.319 e. The number of nitrogens with one attached hydrogen (secondary N) is 2. The second-order valence-electron chi connectivity index (χ2n) is 5.54. The van der Waals surface area contributed by atoms with Crippen molar-refractivity contribution in [2.45, 2.75) is 46.1 Å². The van der Waals surface area contributed by atoms with E-state index in [4.69, 9.17) is 5.11 Å². The van der Waals surface area contributed by atoms with Gasteiger partial charge in [0.2, 0.25) is 0 Å². The Morgan fingerprint density at radius 3 is 2.33 bits per heavy atom. The summed E-state index contributed by atoms with van der Waals surface area (Å²) in [5.41, 5.74) is 1.90. The van der Waals surface area contributed by atoms with E-state index >= 15 is 0 Å². The molecule has 5 heteroatoms. The lowest BCUT2D eigenvalue weighted by Gasteiger charge is -2.15. The van der Waals surface area contributed by atoms with Gasteiger partial charge in [-0.15, -0.1) is 0 Å². The minimum Gasteiger partial charge on any atom is -0.481 e. The number of urea groups is 1. The number of benzene rings is 1. The van der Waals surface area contributed by atoms with Crippen LogP contribution < -0.4 is 10.6 Å². The molecule has 0 radical (unpaired) electrons. The lowest BCUT2D eigenvalue weighted by atomic mass is 10.0. The first-order valence-electron chi connectivity index (χ1n) is 7.25. The van der Waals surface area contributed by atoms with E-state index in [0.717, 1.165) is 24.1 Å². The summed E-state index contributed by atoms with van der Waals surface area (Å²) >= 11 is 0. The second kappa shape index (κ2) is 8.29. The van der Waals surface area contributed by atoms with Crippen molar-refractivity contribution < 1.29 is 14.7 Å².